The van der Waals surface area contributed by atoms with Crippen molar-refractivity contribution in [1.82, 2.24) is 20.5 Å². The van der Waals surface area contributed by atoms with E-state index in [1.165, 1.54) is 4.90 Å². The number of aliphatic imine (C=N–C) groups is 1. The highest BCUT2D eigenvalue weighted by atomic mass is 32.1. The predicted octanol–water partition coefficient (Wildman–Crippen LogP) is 1.19. The number of nitrogens with zero attached hydrogens (tertiary/aromatic N) is 3. The van der Waals surface area contributed by atoms with Gasteiger partial charge in [-0.3, -0.25) is 9.79 Å². The van der Waals surface area contributed by atoms with E-state index in [9.17, 15) is 4.79 Å². The summed E-state index contributed by atoms with van der Waals surface area (Å²) in [6.07, 6.45) is 0. The molecule has 0 aliphatic rings. The van der Waals surface area contributed by atoms with Crippen molar-refractivity contribution >= 4 is 23.2 Å². The zero-order valence-electron chi connectivity index (χ0n) is 13.6. The number of carbonyl (C=O) groups excluding carboxylic acids is 1. The Morgan fingerprint density at radius 1 is 1.38 bits per heavy atom. The minimum absolute atomic E-state index is 0.00205. The van der Waals surface area contributed by atoms with Gasteiger partial charge in [0.25, 0.3) is 0 Å². The van der Waals surface area contributed by atoms with Crippen LogP contribution in [0.5, 0.6) is 0 Å². The fraction of sp³-hybridized carbons (Fsp3) is 0.643. The number of hydrogen-bond acceptors (Lipinski definition) is 4. The molecule has 1 aromatic heterocycles. The molecule has 1 amide bonds. The fourth-order valence-electron chi connectivity index (χ4n) is 1.43. The first kappa shape index (κ1) is 17.4. The quantitative estimate of drug-likeness (QED) is 0.647. The molecule has 0 saturated heterocycles. The van der Waals surface area contributed by atoms with Crippen molar-refractivity contribution in [3.8, 4) is 0 Å². The standard InChI is InChI=1S/C14H25N5OS/c1-14(2,3)10-9-21-11(18-10)7-16-13(15-4)17-8-12(20)19(5)6/h9H,7-8H2,1-6H3,(H2,15,16,17). The van der Waals surface area contributed by atoms with Crippen molar-refractivity contribution in [2.24, 2.45) is 4.99 Å². The molecule has 0 aliphatic heterocycles. The average Bonchev–Trinajstić information content (AvgIpc) is 2.87. The number of carbonyl (C=O) groups is 1. The van der Waals surface area contributed by atoms with Crippen LogP contribution in [0, 0.1) is 0 Å². The molecule has 118 valence electrons. The molecule has 21 heavy (non-hydrogen) atoms. The topological polar surface area (TPSA) is 69.6 Å². The van der Waals surface area contributed by atoms with E-state index in [0.29, 0.717) is 12.5 Å². The summed E-state index contributed by atoms with van der Waals surface area (Å²) in [5.74, 6) is 0.597. The number of aromatic nitrogens is 1. The van der Waals surface area contributed by atoms with E-state index in [0.717, 1.165) is 10.7 Å². The highest BCUT2D eigenvalue weighted by Crippen LogP contribution is 2.23. The zero-order valence-corrected chi connectivity index (χ0v) is 14.5. The Bertz CT molecular complexity index is 502. The van der Waals surface area contributed by atoms with E-state index in [1.54, 1.807) is 32.5 Å². The molecule has 1 aromatic rings. The minimum atomic E-state index is 0.00205. The summed E-state index contributed by atoms with van der Waals surface area (Å²) < 4.78 is 0. The molecule has 0 atom stereocenters. The van der Waals surface area contributed by atoms with Crippen LogP contribution >= 0.6 is 11.3 Å². The lowest BCUT2D eigenvalue weighted by atomic mass is 9.93. The largest absolute Gasteiger partial charge is 0.350 e. The molecule has 7 heteroatoms. The van der Waals surface area contributed by atoms with Crippen molar-refractivity contribution in [2.45, 2.75) is 32.7 Å². The minimum Gasteiger partial charge on any atom is -0.350 e. The fourth-order valence-corrected chi connectivity index (χ4v) is 2.39. The van der Waals surface area contributed by atoms with Gasteiger partial charge in [-0.1, -0.05) is 20.8 Å². The number of thiazole rings is 1. The van der Waals surface area contributed by atoms with Gasteiger partial charge in [-0.05, 0) is 0 Å². The van der Waals surface area contributed by atoms with Crippen LogP contribution in [0.15, 0.2) is 10.4 Å². The third-order valence-electron chi connectivity index (χ3n) is 2.86. The van der Waals surface area contributed by atoms with Crippen LogP contribution < -0.4 is 10.6 Å². The Kier molecular flexibility index (Phi) is 6.14. The molecule has 1 heterocycles. The number of guanidine groups is 1. The van der Waals surface area contributed by atoms with Crippen molar-refractivity contribution in [2.75, 3.05) is 27.7 Å². The maximum Gasteiger partial charge on any atom is 0.241 e. The summed E-state index contributed by atoms with van der Waals surface area (Å²) >= 11 is 1.63. The highest BCUT2D eigenvalue weighted by Gasteiger charge is 2.17. The van der Waals surface area contributed by atoms with Gasteiger partial charge in [0.05, 0.1) is 18.8 Å². The molecule has 0 aromatic carbocycles. The molecule has 0 bridgehead atoms. The lowest BCUT2D eigenvalue weighted by Crippen LogP contribution is -2.42. The summed E-state index contributed by atoms with van der Waals surface area (Å²) in [5.41, 5.74) is 1.15. The number of amides is 1. The summed E-state index contributed by atoms with van der Waals surface area (Å²) in [7, 11) is 5.13. The van der Waals surface area contributed by atoms with E-state index in [2.05, 4.69) is 46.8 Å². The molecule has 0 unspecified atom stereocenters. The molecule has 0 radical (unpaired) electrons. The Morgan fingerprint density at radius 3 is 2.52 bits per heavy atom. The van der Waals surface area contributed by atoms with Crippen LogP contribution in [-0.4, -0.2) is 49.4 Å². The molecular weight excluding hydrogens is 286 g/mol. The molecular formula is C14H25N5OS. The second kappa shape index (κ2) is 7.40. The molecule has 6 nitrogen and oxygen atoms in total. The van der Waals surface area contributed by atoms with Crippen molar-refractivity contribution in [1.29, 1.82) is 0 Å². The van der Waals surface area contributed by atoms with Gasteiger partial charge in [-0.25, -0.2) is 4.98 Å². The Labute approximate surface area is 130 Å². The van der Waals surface area contributed by atoms with Crippen LogP contribution in [0.3, 0.4) is 0 Å². The SMILES string of the molecule is CN=C(NCC(=O)N(C)C)NCc1nc(C(C)(C)C)cs1. The molecule has 0 saturated carbocycles. The van der Waals surface area contributed by atoms with Crippen molar-refractivity contribution < 1.29 is 4.79 Å². The monoisotopic (exact) mass is 311 g/mol. The van der Waals surface area contributed by atoms with Crippen LogP contribution in [0.2, 0.25) is 0 Å². The number of hydrogen-bond donors (Lipinski definition) is 2. The van der Waals surface area contributed by atoms with E-state index < -0.39 is 0 Å². The Morgan fingerprint density at radius 2 is 2.05 bits per heavy atom. The first-order valence-corrected chi connectivity index (χ1v) is 7.71. The van der Waals surface area contributed by atoms with Gasteiger partial charge in [-0.2, -0.15) is 0 Å². The van der Waals surface area contributed by atoms with Gasteiger partial charge in [0.1, 0.15) is 5.01 Å². The Balaban J connectivity index is 2.49. The van der Waals surface area contributed by atoms with Gasteiger partial charge in [0, 0.05) is 31.9 Å². The number of likely N-dealkylation sites (N-methyl/N-ethyl adjacent to an activating group) is 1. The van der Waals surface area contributed by atoms with Crippen LogP contribution in [-0.2, 0) is 16.8 Å². The molecule has 1 rings (SSSR count). The van der Waals surface area contributed by atoms with Gasteiger partial charge >= 0.3 is 0 Å². The van der Waals surface area contributed by atoms with Crippen LogP contribution in [0.25, 0.3) is 0 Å². The van der Waals surface area contributed by atoms with Gasteiger partial charge in [0.15, 0.2) is 5.96 Å². The molecule has 2 N–H and O–H groups in total. The lowest BCUT2D eigenvalue weighted by molar-refractivity contribution is -0.127. The van der Waals surface area contributed by atoms with E-state index >= 15 is 0 Å². The Hall–Kier alpha value is -1.63. The number of nitrogens with one attached hydrogen (secondary N) is 2. The molecule has 0 spiro atoms. The maximum absolute atomic E-state index is 11.5. The smallest absolute Gasteiger partial charge is 0.241 e. The highest BCUT2D eigenvalue weighted by molar-refractivity contribution is 7.09. The first-order chi connectivity index (χ1) is 9.74. The molecule has 0 fully saturated rings. The van der Waals surface area contributed by atoms with E-state index in [4.69, 9.17) is 0 Å². The summed E-state index contributed by atoms with van der Waals surface area (Å²) in [6.45, 7) is 7.25. The normalized spacial score (nSPS) is 12.2. The van der Waals surface area contributed by atoms with Crippen LogP contribution in [0.1, 0.15) is 31.5 Å². The second-order valence-electron chi connectivity index (χ2n) is 5.94. The summed E-state index contributed by atoms with van der Waals surface area (Å²) in [6, 6.07) is 0. The summed E-state index contributed by atoms with van der Waals surface area (Å²) in [5, 5.41) is 9.23. The van der Waals surface area contributed by atoms with Crippen LogP contribution in [0.4, 0.5) is 0 Å². The van der Waals surface area contributed by atoms with Crippen molar-refractivity contribution in [3.05, 3.63) is 16.1 Å². The second-order valence-corrected chi connectivity index (χ2v) is 6.89. The van der Waals surface area contributed by atoms with Gasteiger partial charge < -0.3 is 15.5 Å². The molecule has 0 aliphatic carbocycles. The third-order valence-corrected chi connectivity index (χ3v) is 3.71. The van der Waals surface area contributed by atoms with Gasteiger partial charge in [-0.15, -0.1) is 11.3 Å². The maximum atomic E-state index is 11.5. The first-order valence-electron chi connectivity index (χ1n) is 6.83. The number of rotatable bonds is 4. The third kappa shape index (κ3) is 5.71. The predicted molar refractivity (Wildman–Crippen MR) is 87.7 cm³/mol. The van der Waals surface area contributed by atoms with E-state index in [1.807, 2.05) is 0 Å². The van der Waals surface area contributed by atoms with E-state index in [-0.39, 0.29) is 17.9 Å². The zero-order chi connectivity index (χ0) is 16.0. The van der Waals surface area contributed by atoms with Crippen molar-refractivity contribution in [3.63, 3.8) is 0 Å². The average molecular weight is 311 g/mol. The van der Waals surface area contributed by atoms with Gasteiger partial charge in [0.2, 0.25) is 5.91 Å². The summed E-state index contributed by atoms with van der Waals surface area (Å²) in [4.78, 5) is 21.8. The lowest BCUT2D eigenvalue weighted by Gasteiger charge is -2.15.